The lowest BCUT2D eigenvalue weighted by Gasteiger charge is -2.23. The maximum atomic E-state index is 11.1. The molecule has 1 aliphatic heterocycles. The zero-order chi connectivity index (χ0) is 22.8. The Bertz CT molecular complexity index is 1360. The van der Waals surface area contributed by atoms with E-state index in [-0.39, 0.29) is 11.7 Å². The highest BCUT2D eigenvalue weighted by Crippen LogP contribution is 2.34. The number of hydrogen-bond acceptors (Lipinski definition) is 5. The Morgan fingerprint density at radius 2 is 1.85 bits per heavy atom. The van der Waals surface area contributed by atoms with E-state index in [2.05, 4.69) is 16.0 Å². The van der Waals surface area contributed by atoms with Crippen molar-refractivity contribution in [3.63, 3.8) is 0 Å². The van der Waals surface area contributed by atoms with Gasteiger partial charge >= 0.3 is 5.97 Å². The minimum Gasteiger partial charge on any atom is -0.489 e. The molecule has 2 N–H and O–H groups in total. The van der Waals surface area contributed by atoms with Gasteiger partial charge < -0.3 is 19.6 Å². The molecule has 0 amide bonds. The lowest BCUT2D eigenvalue weighted by molar-refractivity contribution is 0.0254. The first-order valence-electron chi connectivity index (χ1n) is 10.7. The van der Waals surface area contributed by atoms with E-state index in [9.17, 15) is 10.1 Å². The zero-order valence-corrected chi connectivity index (χ0v) is 17.7. The van der Waals surface area contributed by atoms with E-state index < -0.39 is 5.97 Å². The van der Waals surface area contributed by atoms with Crippen molar-refractivity contribution in [2.24, 2.45) is 0 Å². The Balaban J connectivity index is 1.49. The summed E-state index contributed by atoms with van der Waals surface area (Å²) in [6, 6.07) is 18.5. The zero-order valence-electron chi connectivity index (χ0n) is 17.7. The number of hydrogen-bond donors (Lipinski definition) is 2. The third-order valence-corrected chi connectivity index (χ3v) is 5.85. The Labute approximate surface area is 190 Å². The van der Waals surface area contributed by atoms with Crippen molar-refractivity contribution < 1.29 is 19.4 Å². The highest BCUT2D eigenvalue weighted by Gasteiger charge is 2.18. The average Bonchev–Trinajstić information content (AvgIpc) is 3.29. The fourth-order valence-corrected chi connectivity index (χ4v) is 4.09. The number of nitrogens with zero attached hydrogens (tertiary/aromatic N) is 2. The van der Waals surface area contributed by atoms with Gasteiger partial charge in [0, 0.05) is 30.1 Å². The van der Waals surface area contributed by atoms with Gasteiger partial charge in [0.25, 0.3) is 0 Å². The number of pyridine rings is 1. The number of ether oxygens (including phenoxy) is 2. The predicted octanol–water partition coefficient (Wildman–Crippen LogP) is 5.02. The van der Waals surface area contributed by atoms with Gasteiger partial charge in [-0.3, -0.25) is 0 Å². The summed E-state index contributed by atoms with van der Waals surface area (Å²) < 4.78 is 11.5. The molecule has 0 saturated carbocycles. The van der Waals surface area contributed by atoms with Gasteiger partial charge in [-0.25, -0.2) is 9.78 Å². The van der Waals surface area contributed by atoms with E-state index in [1.165, 1.54) is 0 Å². The molecule has 33 heavy (non-hydrogen) atoms. The molecule has 2 aromatic carbocycles. The molecule has 0 atom stereocenters. The second kappa shape index (κ2) is 8.77. The Morgan fingerprint density at radius 1 is 1.09 bits per heavy atom. The minimum atomic E-state index is -0.959. The van der Waals surface area contributed by atoms with Crippen LogP contribution in [0.15, 0.2) is 60.8 Å². The van der Waals surface area contributed by atoms with Gasteiger partial charge in [-0.15, -0.1) is 0 Å². The van der Waals surface area contributed by atoms with Crippen molar-refractivity contribution in [1.29, 1.82) is 5.26 Å². The van der Waals surface area contributed by atoms with E-state index in [4.69, 9.17) is 14.6 Å². The lowest BCUT2D eigenvalue weighted by Crippen LogP contribution is -2.26. The fourth-order valence-electron chi connectivity index (χ4n) is 4.09. The van der Waals surface area contributed by atoms with Crippen LogP contribution < -0.4 is 4.74 Å². The number of carbonyl (C=O) groups is 1. The molecule has 0 aliphatic carbocycles. The first kappa shape index (κ1) is 20.7. The molecule has 1 saturated heterocycles. The Morgan fingerprint density at radius 3 is 2.58 bits per heavy atom. The highest BCUT2D eigenvalue weighted by atomic mass is 16.5. The molecule has 0 radical (unpaired) electrons. The van der Waals surface area contributed by atoms with Crippen LogP contribution in [-0.2, 0) is 4.74 Å². The van der Waals surface area contributed by atoms with Gasteiger partial charge in [-0.1, -0.05) is 18.2 Å². The molecule has 7 heteroatoms. The predicted molar refractivity (Wildman–Crippen MR) is 123 cm³/mol. The molecular formula is C26H21N3O4. The topological polar surface area (TPSA) is 108 Å². The van der Waals surface area contributed by atoms with Crippen molar-refractivity contribution in [2.45, 2.75) is 18.9 Å². The first-order valence-corrected chi connectivity index (χ1v) is 10.7. The van der Waals surface area contributed by atoms with Crippen molar-refractivity contribution >= 4 is 17.0 Å². The summed E-state index contributed by atoms with van der Waals surface area (Å²) in [4.78, 5) is 18.9. The summed E-state index contributed by atoms with van der Waals surface area (Å²) in [6.07, 6.45) is 3.42. The van der Waals surface area contributed by atoms with Crippen LogP contribution in [0.3, 0.4) is 0 Å². The van der Waals surface area contributed by atoms with Gasteiger partial charge in [0.15, 0.2) is 0 Å². The molecule has 5 rings (SSSR count). The number of rotatable bonds is 5. The van der Waals surface area contributed by atoms with Crippen LogP contribution in [0, 0.1) is 11.3 Å². The summed E-state index contributed by atoms with van der Waals surface area (Å²) in [5.74, 6) is -0.369. The summed E-state index contributed by atoms with van der Waals surface area (Å²) in [6.45, 7) is 1.35. The van der Waals surface area contributed by atoms with Crippen molar-refractivity contribution in [3.8, 4) is 34.2 Å². The molecular weight excluding hydrogens is 418 g/mol. The number of carboxylic acid groups (broad SMARTS) is 1. The van der Waals surface area contributed by atoms with Crippen LogP contribution in [0.1, 0.15) is 28.8 Å². The average molecular weight is 439 g/mol. The minimum absolute atomic E-state index is 0.0593. The van der Waals surface area contributed by atoms with Crippen LogP contribution in [0.5, 0.6) is 5.75 Å². The first-order chi connectivity index (χ1) is 16.1. The molecule has 3 heterocycles. The van der Waals surface area contributed by atoms with Gasteiger partial charge in [0.2, 0.25) is 0 Å². The molecule has 0 bridgehead atoms. The number of fused-ring (bicyclic) bond motifs is 1. The second-order valence-electron chi connectivity index (χ2n) is 7.94. The Hall–Kier alpha value is -4.15. The molecule has 0 spiro atoms. The molecule has 7 nitrogen and oxygen atoms in total. The standard InChI is InChI=1S/C26H21N3O4/c27-15-19-13-18(5-6-24(19)33-20-8-11-32-12-9-20)21-7-10-28-25-22(21)14-23(29-25)16-1-3-17(4-2-16)26(30)31/h1-7,10,13-14,20H,8-9,11-12H2,(H,28,29)(H,30,31). The molecule has 2 aromatic heterocycles. The number of aromatic amines is 1. The SMILES string of the molecule is N#Cc1cc(-c2ccnc3[nH]c(-c4ccc(C(=O)O)cc4)cc23)ccc1OC1CCOCC1. The summed E-state index contributed by atoms with van der Waals surface area (Å²) in [5, 5.41) is 19.8. The maximum Gasteiger partial charge on any atom is 0.335 e. The second-order valence-corrected chi connectivity index (χ2v) is 7.94. The van der Waals surface area contributed by atoms with E-state index in [1.54, 1.807) is 30.5 Å². The number of nitrogens with one attached hydrogen (secondary N) is 1. The van der Waals surface area contributed by atoms with Crippen LogP contribution in [0.2, 0.25) is 0 Å². The van der Waals surface area contributed by atoms with E-state index >= 15 is 0 Å². The van der Waals surface area contributed by atoms with Crippen LogP contribution in [0.4, 0.5) is 0 Å². The fraction of sp³-hybridized carbons (Fsp3) is 0.192. The van der Waals surface area contributed by atoms with Crippen LogP contribution >= 0.6 is 0 Å². The van der Waals surface area contributed by atoms with Gasteiger partial charge in [-0.2, -0.15) is 5.26 Å². The Kier molecular flexibility index (Phi) is 5.51. The summed E-state index contributed by atoms with van der Waals surface area (Å²) in [5.41, 5.74) is 4.98. The summed E-state index contributed by atoms with van der Waals surface area (Å²) in [7, 11) is 0. The number of carboxylic acids is 1. The maximum absolute atomic E-state index is 11.1. The van der Waals surface area contributed by atoms with E-state index in [0.717, 1.165) is 40.6 Å². The number of aromatic nitrogens is 2. The number of benzene rings is 2. The van der Waals surface area contributed by atoms with Crippen LogP contribution in [-0.4, -0.2) is 40.4 Å². The van der Waals surface area contributed by atoms with Gasteiger partial charge in [0.1, 0.15) is 23.6 Å². The quantitative estimate of drug-likeness (QED) is 0.452. The van der Waals surface area contributed by atoms with Gasteiger partial charge in [-0.05, 0) is 53.1 Å². The molecule has 4 aromatic rings. The summed E-state index contributed by atoms with van der Waals surface area (Å²) >= 11 is 0. The van der Waals surface area contributed by atoms with Crippen LogP contribution in [0.25, 0.3) is 33.4 Å². The van der Waals surface area contributed by atoms with E-state index in [0.29, 0.717) is 30.2 Å². The molecule has 1 fully saturated rings. The molecule has 0 unspecified atom stereocenters. The van der Waals surface area contributed by atoms with Crippen molar-refractivity contribution in [2.75, 3.05) is 13.2 Å². The smallest absolute Gasteiger partial charge is 0.335 e. The largest absolute Gasteiger partial charge is 0.489 e. The number of aromatic carboxylic acids is 1. The lowest BCUT2D eigenvalue weighted by atomic mass is 10.0. The van der Waals surface area contributed by atoms with Crippen molar-refractivity contribution in [3.05, 3.63) is 71.9 Å². The number of nitriles is 1. The normalized spacial score (nSPS) is 14.2. The third kappa shape index (κ3) is 4.16. The third-order valence-electron chi connectivity index (χ3n) is 5.85. The highest BCUT2D eigenvalue weighted by molar-refractivity contribution is 5.96. The molecule has 164 valence electrons. The van der Waals surface area contributed by atoms with Gasteiger partial charge in [0.05, 0.1) is 24.3 Å². The van der Waals surface area contributed by atoms with Crippen molar-refractivity contribution in [1.82, 2.24) is 9.97 Å². The monoisotopic (exact) mass is 439 g/mol. The van der Waals surface area contributed by atoms with E-state index in [1.807, 2.05) is 30.3 Å². The molecule has 1 aliphatic rings. The number of H-pyrrole nitrogens is 1.